The highest BCUT2D eigenvalue weighted by molar-refractivity contribution is 9.13. The van der Waals surface area contributed by atoms with Crippen LogP contribution in [-0.2, 0) is 0 Å². The minimum Gasteiger partial charge on any atom is -0.490 e. The number of hydrogen-bond donors (Lipinski definition) is 0. The van der Waals surface area contributed by atoms with E-state index in [1.165, 1.54) is 11.1 Å². The summed E-state index contributed by atoms with van der Waals surface area (Å²) in [5, 5.41) is 14.1. The van der Waals surface area contributed by atoms with Gasteiger partial charge in [-0.05, 0) is 69.8 Å². The molecule has 1 heterocycles. The lowest BCUT2D eigenvalue weighted by atomic mass is 9.88. The van der Waals surface area contributed by atoms with E-state index in [0.717, 1.165) is 25.7 Å². The molecule has 0 N–H and O–H groups in total. The van der Waals surface area contributed by atoms with Crippen LogP contribution in [0.5, 0.6) is 11.5 Å². The molecule has 0 spiro atoms. The van der Waals surface area contributed by atoms with Crippen molar-refractivity contribution in [1.29, 1.82) is 5.26 Å². The van der Waals surface area contributed by atoms with Gasteiger partial charge in [-0.2, -0.15) is 15.0 Å². The molecule has 1 saturated carbocycles. The van der Waals surface area contributed by atoms with Gasteiger partial charge in [-0.1, -0.05) is 31.4 Å². The maximum absolute atomic E-state index is 13.4. The second-order valence-corrected chi connectivity index (χ2v) is 9.57. The predicted molar refractivity (Wildman–Crippen MR) is 139 cm³/mol. The summed E-state index contributed by atoms with van der Waals surface area (Å²) in [4.78, 5) is 18.3. The molecule has 34 heavy (non-hydrogen) atoms. The highest BCUT2D eigenvalue weighted by Gasteiger charge is 2.23. The number of fused-ring (bicyclic) bond motifs is 1. The van der Waals surface area contributed by atoms with E-state index in [9.17, 15) is 4.79 Å². The number of ether oxygens (including phenoxy) is 2. The Bertz CT molecular complexity index is 1320. The molecular weight excluding hydrogens is 564 g/mol. The molecule has 7 nitrogen and oxygen atoms in total. The van der Waals surface area contributed by atoms with E-state index < -0.39 is 0 Å². The van der Waals surface area contributed by atoms with Gasteiger partial charge in [0, 0.05) is 16.0 Å². The standard InChI is InChI=1S/C25H24Br2N4O3/c1-2-33-20-14-17(21(26)22(27)23(20)34-13-12-28)15-29-31-24(16-8-4-3-5-9-16)30-19-11-7-6-10-18(19)25(31)32/h6-7,10-11,14-16H,2-5,8-9,13H2,1H3. The SMILES string of the molecule is CCOc1cc(C=Nn2c(C3CCCCC3)nc3ccccc3c2=O)c(Br)c(Br)c1OCC#N. The van der Waals surface area contributed by atoms with Crippen LogP contribution in [0.15, 0.2) is 49.2 Å². The van der Waals surface area contributed by atoms with Crippen molar-refractivity contribution < 1.29 is 9.47 Å². The quantitative estimate of drug-likeness (QED) is 0.309. The zero-order chi connectivity index (χ0) is 24.1. The molecule has 2 aromatic carbocycles. The van der Waals surface area contributed by atoms with Crippen LogP contribution in [0.25, 0.3) is 10.9 Å². The van der Waals surface area contributed by atoms with E-state index in [4.69, 9.17) is 19.7 Å². The van der Waals surface area contributed by atoms with Gasteiger partial charge >= 0.3 is 0 Å². The second-order valence-electron chi connectivity index (χ2n) is 7.98. The monoisotopic (exact) mass is 586 g/mol. The van der Waals surface area contributed by atoms with Crippen LogP contribution in [0.3, 0.4) is 0 Å². The fourth-order valence-corrected chi connectivity index (χ4v) is 5.13. The van der Waals surface area contributed by atoms with Crippen LogP contribution in [0.1, 0.15) is 56.3 Å². The molecule has 0 radical (unpaired) electrons. The van der Waals surface area contributed by atoms with Crippen molar-refractivity contribution >= 4 is 49.0 Å². The Morgan fingerprint density at radius 1 is 1.21 bits per heavy atom. The van der Waals surface area contributed by atoms with Gasteiger partial charge in [-0.15, -0.1) is 0 Å². The molecule has 3 aromatic rings. The van der Waals surface area contributed by atoms with Gasteiger partial charge in [0.2, 0.25) is 0 Å². The average Bonchev–Trinajstić information content (AvgIpc) is 2.86. The van der Waals surface area contributed by atoms with E-state index >= 15 is 0 Å². The number of para-hydroxylation sites is 1. The highest BCUT2D eigenvalue weighted by atomic mass is 79.9. The number of hydrogen-bond acceptors (Lipinski definition) is 6. The number of benzene rings is 2. The number of rotatable bonds is 7. The zero-order valence-electron chi connectivity index (χ0n) is 18.8. The maximum Gasteiger partial charge on any atom is 0.282 e. The number of halogens is 2. The van der Waals surface area contributed by atoms with E-state index in [-0.39, 0.29) is 18.1 Å². The molecule has 4 rings (SSSR count). The van der Waals surface area contributed by atoms with Crippen LogP contribution in [0.2, 0.25) is 0 Å². The summed E-state index contributed by atoms with van der Waals surface area (Å²) in [6, 6.07) is 11.1. The molecule has 1 aliphatic carbocycles. The first-order chi connectivity index (χ1) is 16.5. The van der Waals surface area contributed by atoms with E-state index in [1.807, 2.05) is 31.2 Å². The van der Waals surface area contributed by atoms with Crippen molar-refractivity contribution in [3.63, 3.8) is 0 Å². The summed E-state index contributed by atoms with van der Waals surface area (Å²) in [7, 11) is 0. The molecule has 0 amide bonds. The van der Waals surface area contributed by atoms with Crippen molar-refractivity contribution in [3.8, 4) is 17.6 Å². The van der Waals surface area contributed by atoms with Gasteiger partial charge in [-0.25, -0.2) is 4.98 Å². The molecule has 0 bridgehead atoms. The first-order valence-electron chi connectivity index (χ1n) is 11.3. The van der Waals surface area contributed by atoms with Crippen molar-refractivity contribution in [2.24, 2.45) is 5.10 Å². The molecule has 0 aliphatic heterocycles. The summed E-state index contributed by atoms with van der Waals surface area (Å²) in [6.45, 7) is 2.18. The Labute approximate surface area is 214 Å². The van der Waals surface area contributed by atoms with Crippen molar-refractivity contribution in [2.75, 3.05) is 13.2 Å². The first-order valence-corrected chi connectivity index (χ1v) is 12.8. The third kappa shape index (κ3) is 5.03. The molecule has 176 valence electrons. The fourth-order valence-electron chi connectivity index (χ4n) is 4.20. The number of nitrogens with zero attached hydrogens (tertiary/aromatic N) is 4. The van der Waals surface area contributed by atoms with Crippen molar-refractivity contribution in [3.05, 3.63) is 61.0 Å². The normalized spacial score (nSPS) is 14.4. The van der Waals surface area contributed by atoms with E-state index in [0.29, 0.717) is 49.3 Å². The Hall–Kier alpha value is -2.70. The minimum atomic E-state index is -0.184. The lowest BCUT2D eigenvalue weighted by Gasteiger charge is -2.22. The Morgan fingerprint density at radius 3 is 2.71 bits per heavy atom. The van der Waals surface area contributed by atoms with Gasteiger partial charge in [0.05, 0.1) is 28.2 Å². The summed E-state index contributed by atoms with van der Waals surface area (Å²) in [5.74, 6) is 1.80. The summed E-state index contributed by atoms with van der Waals surface area (Å²) < 4.78 is 14.0. The van der Waals surface area contributed by atoms with Gasteiger partial charge in [-0.3, -0.25) is 4.79 Å². The van der Waals surface area contributed by atoms with Crippen LogP contribution in [-0.4, -0.2) is 29.1 Å². The largest absolute Gasteiger partial charge is 0.490 e. The lowest BCUT2D eigenvalue weighted by molar-refractivity contribution is 0.297. The predicted octanol–water partition coefficient (Wildman–Crippen LogP) is 6.15. The molecule has 1 fully saturated rings. The molecule has 1 aromatic heterocycles. The fraction of sp³-hybridized carbons (Fsp3) is 0.360. The summed E-state index contributed by atoms with van der Waals surface area (Å²) in [5.41, 5.74) is 1.20. The molecule has 0 unspecified atom stereocenters. The van der Waals surface area contributed by atoms with Gasteiger partial charge < -0.3 is 9.47 Å². The van der Waals surface area contributed by atoms with E-state index in [2.05, 4.69) is 37.0 Å². The minimum absolute atomic E-state index is 0.110. The molecule has 0 atom stereocenters. The van der Waals surface area contributed by atoms with Crippen LogP contribution >= 0.6 is 31.9 Å². The Morgan fingerprint density at radius 2 is 1.97 bits per heavy atom. The van der Waals surface area contributed by atoms with Crippen LogP contribution in [0, 0.1) is 11.3 Å². The lowest BCUT2D eigenvalue weighted by Crippen LogP contribution is -2.25. The van der Waals surface area contributed by atoms with Gasteiger partial charge in [0.15, 0.2) is 18.1 Å². The average molecular weight is 588 g/mol. The van der Waals surface area contributed by atoms with E-state index in [1.54, 1.807) is 18.3 Å². The zero-order valence-corrected chi connectivity index (χ0v) is 21.9. The summed E-state index contributed by atoms with van der Waals surface area (Å²) in [6.07, 6.45) is 7.06. The Balaban J connectivity index is 1.82. The maximum atomic E-state index is 13.4. The van der Waals surface area contributed by atoms with Gasteiger partial charge in [0.25, 0.3) is 5.56 Å². The molecule has 0 saturated heterocycles. The van der Waals surface area contributed by atoms with Crippen LogP contribution in [0.4, 0.5) is 0 Å². The second kappa shape index (κ2) is 11.2. The highest BCUT2D eigenvalue weighted by Crippen LogP contribution is 2.42. The van der Waals surface area contributed by atoms with Gasteiger partial charge in [0.1, 0.15) is 11.9 Å². The third-order valence-electron chi connectivity index (χ3n) is 5.80. The van der Waals surface area contributed by atoms with Crippen molar-refractivity contribution in [1.82, 2.24) is 9.66 Å². The number of aromatic nitrogens is 2. The summed E-state index contributed by atoms with van der Waals surface area (Å²) >= 11 is 7.10. The first kappa shape index (κ1) is 24.4. The molecular formula is C25H24Br2N4O3. The Kier molecular flexibility index (Phi) is 8.01. The van der Waals surface area contributed by atoms with Crippen LogP contribution < -0.4 is 15.0 Å². The van der Waals surface area contributed by atoms with Crippen molar-refractivity contribution in [2.45, 2.75) is 44.9 Å². The molecule has 9 heteroatoms. The third-order valence-corrected chi connectivity index (χ3v) is 7.94. The molecule has 1 aliphatic rings. The number of nitriles is 1. The topological polar surface area (TPSA) is 89.5 Å². The smallest absolute Gasteiger partial charge is 0.282 e.